The number of anilines is 1. The van der Waals surface area contributed by atoms with E-state index >= 15 is 0 Å². The minimum Gasteiger partial charge on any atom is -0.464 e. The monoisotopic (exact) mass is 322 g/mol. The van der Waals surface area contributed by atoms with Gasteiger partial charge in [0.15, 0.2) is 5.82 Å². The first-order valence-electron chi connectivity index (χ1n) is 7.49. The molecule has 3 heterocycles. The largest absolute Gasteiger partial charge is 0.464 e. The zero-order valence-corrected chi connectivity index (χ0v) is 12.9. The van der Waals surface area contributed by atoms with Crippen LogP contribution in [0.15, 0.2) is 36.4 Å². The third kappa shape index (κ3) is 2.21. The number of aromatic nitrogens is 3. The lowest BCUT2D eigenvalue weighted by atomic mass is 9.88. The fourth-order valence-electron chi connectivity index (χ4n) is 3.04. The van der Waals surface area contributed by atoms with Gasteiger partial charge in [0.05, 0.1) is 12.6 Å². The Kier molecular flexibility index (Phi) is 3.26. The minimum absolute atomic E-state index is 0.162. The highest BCUT2D eigenvalue weighted by Crippen LogP contribution is 2.38. The number of carbonyl (C=O) groups is 2. The number of pyridine rings is 1. The highest BCUT2D eigenvalue weighted by molar-refractivity contribution is 5.98. The molecule has 2 N–H and O–H groups in total. The first-order valence-corrected chi connectivity index (χ1v) is 7.49. The Balaban J connectivity index is 1.87. The van der Waals surface area contributed by atoms with Crippen LogP contribution in [-0.2, 0) is 9.53 Å². The molecule has 1 unspecified atom stereocenters. The van der Waals surface area contributed by atoms with Crippen molar-refractivity contribution in [3.05, 3.63) is 53.3 Å². The molecule has 1 aliphatic heterocycles. The Morgan fingerprint density at radius 2 is 2.08 bits per heavy atom. The Morgan fingerprint density at radius 1 is 1.25 bits per heavy atom. The number of H-pyrrole nitrogens is 1. The number of carbonyl (C=O) groups excluding carboxylic acids is 2. The van der Waals surface area contributed by atoms with Gasteiger partial charge in [-0.1, -0.05) is 24.3 Å². The first kappa shape index (κ1) is 14.4. The van der Waals surface area contributed by atoms with Gasteiger partial charge in [-0.15, -0.1) is 0 Å². The normalized spacial score (nSPS) is 16.5. The highest BCUT2D eigenvalue weighted by atomic mass is 16.5. The van der Waals surface area contributed by atoms with Gasteiger partial charge in [0.1, 0.15) is 5.69 Å². The number of nitrogens with one attached hydrogen (secondary N) is 2. The number of nitrogens with zero attached hydrogens (tertiary/aromatic N) is 2. The molecule has 1 aliphatic rings. The molecule has 0 saturated carbocycles. The molecule has 0 saturated heterocycles. The number of para-hydroxylation sites is 1. The number of hydrogen-bond donors (Lipinski definition) is 2. The van der Waals surface area contributed by atoms with E-state index in [0.717, 1.165) is 16.6 Å². The number of methoxy groups -OCH3 is 1. The fourth-order valence-corrected chi connectivity index (χ4v) is 3.04. The van der Waals surface area contributed by atoms with Gasteiger partial charge in [0.25, 0.3) is 0 Å². The minimum atomic E-state index is -0.523. The predicted octanol–water partition coefficient (Wildman–Crippen LogP) is 2.22. The van der Waals surface area contributed by atoms with E-state index in [1.165, 1.54) is 7.11 Å². The third-order valence-corrected chi connectivity index (χ3v) is 4.17. The zero-order valence-electron chi connectivity index (χ0n) is 12.9. The van der Waals surface area contributed by atoms with Crippen molar-refractivity contribution in [2.24, 2.45) is 0 Å². The third-order valence-electron chi connectivity index (χ3n) is 4.17. The van der Waals surface area contributed by atoms with Crippen molar-refractivity contribution in [3.63, 3.8) is 0 Å². The van der Waals surface area contributed by atoms with Gasteiger partial charge in [-0.05, 0) is 12.1 Å². The van der Waals surface area contributed by atoms with Crippen LogP contribution in [0.5, 0.6) is 0 Å². The number of amides is 1. The van der Waals surface area contributed by atoms with E-state index in [9.17, 15) is 9.59 Å². The van der Waals surface area contributed by atoms with Crippen LogP contribution in [0.2, 0.25) is 0 Å². The van der Waals surface area contributed by atoms with Crippen molar-refractivity contribution in [2.75, 3.05) is 12.4 Å². The van der Waals surface area contributed by atoms with E-state index in [0.29, 0.717) is 11.4 Å². The van der Waals surface area contributed by atoms with Crippen LogP contribution in [0.4, 0.5) is 5.82 Å². The maximum atomic E-state index is 12.0. The number of rotatable bonds is 2. The molecular weight excluding hydrogens is 308 g/mol. The lowest BCUT2D eigenvalue weighted by Gasteiger charge is -2.22. The molecule has 0 radical (unpaired) electrons. The molecule has 3 aromatic rings. The van der Waals surface area contributed by atoms with Crippen molar-refractivity contribution in [1.82, 2.24) is 15.2 Å². The smallest absolute Gasteiger partial charge is 0.356 e. The number of esters is 1. The second kappa shape index (κ2) is 5.45. The predicted molar refractivity (Wildman–Crippen MR) is 86.8 cm³/mol. The molecule has 120 valence electrons. The molecule has 0 bridgehead atoms. The lowest BCUT2D eigenvalue weighted by molar-refractivity contribution is -0.116. The molecule has 2 aromatic heterocycles. The highest BCUT2D eigenvalue weighted by Gasteiger charge is 2.34. The number of aromatic amines is 1. The summed E-state index contributed by atoms with van der Waals surface area (Å²) in [6.45, 7) is 0. The summed E-state index contributed by atoms with van der Waals surface area (Å²) in [4.78, 5) is 28.7. The molecule has 4 rings (SSSR count). The summed E-state index contributed by atoms with van der Waals surface area (Å²) < 4.78 is 4.80. The van der Waals surface area contributed by atoms with E-state index in [2.05, 4.69) is 20.5 Å². The van der Waals surface area contributed by atoms with Gasteiger partial charge < -0.3 is 10.1 Å². The standard InChI is InChI=1S/C17H14N4O3/c1-24-17(23)15-14-10(8-13(22)19-16(14)21-20-15)12-7-6-9-4-2-3-5-11(9)18-12/h2-7,10H,8H2,1H3,(H2,19,20,21,22). The second-order valence-electron chi connectivity index (χ2n) is 5.59. The lowest BCUT2D eigenvalue weighted by Crippen LogP contribution is -2.25. The van der Waals surface area contributed by atoms with Crippen molar-refractivity contribution >= 4 is 28.6 Å². The molecule has 7 nitrogen and oxygen atoms in total. The van der Waals surface area contributed by atoms with Gasteiger partial charge in [-0.2, -0.15) is 5.10 Å². The summed E-state index contributed by atoms with van der Waals surface area (Å²) >= 11 is 0. The summed E-state index contributed by atoms with van der Waals surface area (Å²) in [5.74, 6) is -0.686. The average molecular weight is 322 g/mol. The van der Waals surface area contributed by atoms with Gasteiger partial charge in [0, 0.05) is 29.0 Å². The fraction of sp³-hybridized carbons (Fsp3) is 0.176. The molecule has 7 heteroatoms. The van der Waals surface area contributed by atoms with Crippen LogP contribution < -0.4 is 5.32 Å². The Hall–Kier alpha value is -3.22. The van der Waals surface area contributed by atoms with Crippen LogP contribution in [0.3, 0.4) is 0 Å². The Labute approximate surface area is 137 Å². The Bertz CT molecular complexity index is 963. The summed E-state index contributed by atoms with van der Waals surface area (Å²) in [6.07, 6.45) is 0.196. The maximum absolute atomic E-state index is 12.0. The van der Waals surface area contributed by atoms with Crippen LogP contribution in [0, 0.1) is 0 Å². The average Bonchev–Trinajstić information content (AvgIpc) is 3.03. The Morgan fingerprint density at radius 3 is 2.92 bits per heavy atom. The number of fused-ring (bicyclic) bond motifs is 2. The second-order valence-corrected chi connectivity index (χ2v) is 5.59. The topological polar surface area (TPSA) is 97.0 Å². The van der Waals surface area contributed by atoms with E-state index < -0.39 is 5.97 Å². The number of ether oxygens (including phenoxy) is 1. The quantitative estimate of drug-likeness (QED) is 0.705. The van der Waals surface area contributed by atoms with Gasteiger partial charge in [0.2, 0.25) is 5.91 Å². The molecule has 0 spiro atoms. The summed E-state index contributed by atoms with van der Waals surface area (Å²) in [5.41, 5.74) is 2.42. The molecule has 1 aromatic carbocycles. The van der Waals surface area contributed by atoms with Gasteiger partial charge in [-0.3, -0.25) is 14.9 Å². The first-order chi connectivity index (χ1) is 11.7. The van der Waals surface area contributed by atoms with Crippen LogP contribution >= 0.6 is 0 Å². The van der Waals surface area contributed by atoms with E-state index in [1.54, 1.807) is 0 Å². The number of benzene rings is 1. The number of hydrogen-bond acceptors (Lipinski definition) is 5. The molecule has 1 atom stereocenters. The zero-order chi connectivity index (χ0) is 16.7. The van der Waals surface area contributed by atoms with Crippen LogP contribution in [-0.4, -0.2) is 34.2 Å². The van der Waals surface area contributed by atoms with Crippen molar-refractivity contribution < 1.29 is 14.3 Å². The summed E-state index contributed by atoms with van der Waals surface area (Å²) in [6, 6.07) is 11.6. The maximum Gasteiger partial charge on any atom is 0.356 e. The molecule has 0 fully saturated rings. The van der Waals surface area contributed by atoms with E-state index in [4.69, 9.17) is 4.74 Å². The molecule has 24 heavy (non-hydrogen) atoms. The molecule has 1 amide bonds. The summed E-state index contributed by atoms with van der Waals surface area (Å²) in [7, 11) is 1.31. The van der Waals surface area contributed by atoms with Gasteiger partial charge >= 0.3 is 5.97 Å². The van der Waals surface area contributed by atoms with Crippen LogP contribution in [0.1, 0.15) is 34.1 Å². The summed E-state index contributed by atoms with van der Waals surface area (Å²) in [5, 5.41) is 10.4. The van der Waals surface area contributed by atoms with Crippen molar-refractivity contribution in [2.45, 2.75) is 12.3 Å². The molecular formula is C17H14N4O3. The SMILES string of the molecule is COC(=O)c1[nH]nc2c1C(c1ccc3ccccc3n1)CC(=O)N2. The van der Waals surface area contributed by atoms with Crippen LogP contribution in [0.25, 0.3) is 10.9 Å². The van der Waals surface area contributed by atoms with E-state index in [-0.39, 0.29) is 23.9 Å². The van der Waals surface area contributed by atoms with E-state index in [1.807, 2.05) is 36.4 Å². The van der Waals surface area contributed by atoms with Crippen molar-refractivity contribution in [3.8, 4) is 0 Å². The van der Waals surface area contributed by atoms with Crippen molar-refractivity contribution in [1.29, 1.82) is 0 Å². The van der Waals surface area contributed by atoms with Gasteiger partial charge in [-0.25, -0.2) is 4.79 Å². The molecule has 0 aliphatic carbocycles.